The molecule has 0 aliphatic rings. The summed E-state index contributed by atoms with van der Waals surface area (Å²) in [6.07, 6.45) is 0. The van der Waals surface area contributed by atoms with Crippen molar-refractivity contribution in [2.75, 3.05) is 11.5 Å². The van der Waals surface area contributed by atoms with Crippen LogP contribution in [0.3, 0.4) is 0 Å². The van der Waals surface area contributed by atoms with E-state index in [9.17, 15) is 49.1 Å². The molecular weight excluding hydrogens is 816 g/mol. The van der Waals surface area contributed by atoms with E-state index in [1.54, 1.807) is 42.5 Å². The van der Waals surface area contributed by atoms with Crippen LogP contribution in [0, 0.1) is 0 Å². The second kappa shape index (κ2) is 16.4. The van der Waals surface area contributed by atoms with Gasteiger partial charge < -0.3 is 21.7 Å². The van der Waals surface area contributed by atoms with Crippen LogP contribution in [-0.2, 0) is 30.4 Å². The van der Waals surface area contributed by atoms with E-state index in [-0.39, 0.29) is 57.8 Å². The average molecular weight is 842 g/mol. The number of nitrogens with two attached hydrogens (primary N) is 2. The fourth-order valence-electron chi connectivity index (χ4n) is 5.18. The van der Waals surface area contributed by atoms with Crippen molar-refractivity contribution in [3.05, 3.63) is 103 Å². The predicted octanol–water partition coefficient (Wildman–Crippen LogP) is 7.69. The molecule has 0 saturated carbocycles. The van der Waals surface area contributed by atoms with Crippen LogP contribution < -0.4 is 11.5 Å². The van der Waals surface area contributed by atoms with Crippen molar-refractivity contribution < 1.29 is 49.1 Å². The molecule has 9 N–H and O–H groups in total. The predicted molar refractivity (Wildman–Crippen MR) is 209 cm³/mol. The fraction of sp³-hybridized carbons (Fsp3) is 0. The van der Waals surface area contributed by atoms with Gasteiger partial charge >= 0.3 is 0 Å². The zero-order valence-electron chi connectivity index (χ0n) is 29.1. The third-order valence-corrected chi connectivity index (χ3v) is 10.5. The summed E-state index contributed by atoms with van der Waals surface area (Å²) in [5.74, 6) is -1.11. The molecule has 0 bridgehead atoms. The number of hydrogen-bond acceptors (Lipinski definition) is 16. The number of azo groups is 3. The maximum Gasteiger partial charge on any atom is 0.296 e. The van der Waals surface area contributed by atoms with E-state index in [4.69, 9.17) is 11.5 Å². The quantitative estimate of drug-likeness (QED) is 0.0301. The van der Waals surface area contributed by atoms with Crippen molar-refractivity contribution in [1.29, 1.82) is 0 Å². The second-order valence-corrected chi connectivity index (χ2v) is 15.9. The summed E-state index contributed by atoms with van der Waals surface area (Å²) in [7, 11) is -14.8. The Balaban J connectivity index is 0.00000620. The second-order valence-electron chi connectivity index (χ2n) is 11.7. The van der Waals surface area contributed by atoms with Crippen molar-refractivity contribution in [2.45, 2.75) is 14.7 Å². The first-order chi connectivity index (χ1) is 26.3. The monoisotopic (exact) mass is 841 g/mol. The van der Waals surface area contributed by atoms with Crippen LogP contribution in [0.1, 0.15) is 0 Å². The van der Waals surface area contributed by atoms with E-state index in [0.717, 1.165) is 47.5 Å². The third kappa shape index (κ3) is 9.65. The average Bonchev–Trinajstić information content (AvgIpc) is 3.13. The molecule has 0 aromatic heterocycles. The third-order valence-electron chi connectivity index (χ3n) is 7.88. The SMILES string of the molecule is Nc1ccc(N=Nc2ccc(-c3ccc(N=Nc4c(S(=O)(=O)O)cc5cc(S(=O)(=O)O)c(N=Nc6ccc(S(=O)(=O)O)cc6)c(O)c5c4N)cc3)cc2)c(O)c1.[Na]. The Kier molecular flexibility index (Phi) is 12.2. The number of rotatable bonds is 10. The van der Waals surface area contributed by atoms with Crippen molar-refractivity contribution in [2.24, 2.45) is 30.7 Å². The van der Waals surface area contributed by atoms with Gasteiger partial charge in [-0.3, -0.25) is 13.7 Å². The Morgan fingerprint density at radius 3 is 1.39 bits per heavy atom. The smallest absolute Gasteiger partial charge is 0.296 e. The Labute approximate surface area is 345 Å². The number of nitrogens with zero attached hydrogens (tertiary/aromatic N) is 6. The van der Waals surface area contributed by atoms with Gasteiger partial charge in [-0.1, -0.05) is 24.3 Å². The minimum absolute atomic E-state index is 0. The van der Waals surface area contributed by atoms with Gasteiger partial charge in [0.2, 0.25) is 0 Å². The number of fused-ring (bicyclic) bond motifs is 1. The summed E-state index contributed by atoms with van der Waals surface area (Å²) in [5.41, 5.74) is 12.6. The molecule has 0 spiro atoms. The van der Waals surface area contributed by atoms with E-state index in [0.29, 0.717) is 11.4 Å². The normalized spacial score (nSPS) is 12.5. The van der Waals surface area contributed by atoms with Crippen LogP contribution in [0.5, 0.6) is 11.5 Å². The molecule has 0 heterocycles. The van der Waals surface area contributed by atoms with Gasteiger partial charge in [0, 0.05) is 41.3 Å². The van der Waals surface area contributed by atoms with Crippen LogP contribution in [0.15, 0.2) is 149 Å². The summed E-state index contributed by atoms with van der Waals surface area (Å²) in [6.45, 7) is 0. The minimum Gasteiger partial charge on any atom is -0.506 e. The standard InChI is InChI=1S/C34H26N8O11S3.Na/c35-21-5-14-26(27(43)17-21)40-37-22-6-1-18(2-7-22)19-3-8-23(9-4-19)38-41-32-28(55(48,49)50)15-20-16-29(56(51,52)53)33(34(44)30(20)31(32)36)42-39-24-10-12-25(13-11-24)54(45,46)47;/h1-17,43-44H,35-36H2,(H,45,46,47)(H,48,49,50)(H,51,52,53);. The Hall–Kier alpha value is -5.69. The molecule has 0 unspecified atom stereocenters. The number of hydrogen-bond donors (Lipinski definition) is 7. The van der Waals surface area contributed by atoms with Gasteiger partial charge in [-0.05, 0) is 89.3 Å². The molecule has 0 saturated heterocycles. The van der Waals surface area contributed by atoms with Gasteiger partial charge in [0.1, 0.15) is 32.6 Å². The zero-order chi connectivity index (χ0) is 40.6. The first-order valence-corrected chi connectivity index (χ1v) is 19.8. The summed E-state index contributed by atoms with van der Waals surface area (Å²) in [6, 6.07) is 23.5. The Morgan fingerprint density at radius 1 is 0.491 bits per heavy atom. The summed E-state index contributed by atoms with van der Waals surface area (Å²) in [5, 5.41) is 44.0. The molecule has 0 aliphatic carbocycles. The largest absolute Gasteiger partial charge is 0.506 e. The number of aromatic hydroxyl groups is 2. The molecule has 6 aromatic carbocycles. The van der Waals surface area contributed by atoms with Crippen LogP contribution in [0.4, 0.5) is 45.5 Å². The molecule has 6 rings (SSSR count). The van der Waals surface area contributed by atoms with E-state index >= 15 is 0 Å². The molecule has 0 fully saturated rings. The van der Waals surface area contributed by atoms with Crippen molar-refractivity contribution in [1.82, 2.24) is 0 Å². The van der Waals surface area contributed by atoms with Gasteiger partial charge in [-0.2, -0.15) is 40.6 Å². The van der Waals surface area contributed by atoms with Crippen LogP contribution in [-0.4, -0.2) is 78.7 Å². The maximum absolute atomic E-state index is 12.5. The molecule has 0 amide bonds. The van der Waals surface area contributed by atoms with Crippen molar-refractivity contribution >= 4 is 116 Å². The molecular formula is C34H26N8NaO11S3. The molecule has 23 heteroatoms. The molecule has 57 heavy (non-hydrogen) atoms. The van der Waals surface area contributed by atoms with Gasteiger partial charge in [-0.15, -0.1) is 15.3 Å². The summed E-state index contributed by atoms with van der Waals surface area (Å²) < 4.78 is 101. The molecule has 0 aliphatic heterocycles. The topological polar surface area (TPSA) is 330 Å². The van der Waals surface area contributed by atoms with E-state index < -0.39 is 73.2 Å². The first-order valence-electron chi connectivity index (χ1n) is 15.5. The van der Waals surface area contributed by atoms with E-state index in [2.05, 4.69) is 30.7 Å². The van der Waals surface area contributed by atoms with Crippen LogP contribution >= 0.6 is 0 Å². The van der Waals surface area contributed by atoms with E-state index in [1.807, 2.05) is 0 Å². The molecule has 1 radical (unpaired) electrons. The minimum atomic E-state index is -5.18. The number of phenolic OH excluding ortho intramolecular Hbond substituents is 2. The first kappa shape index (κ1) is 42.5. The fourth-order valence-corrected chi connectivity index (χ4v) is 6.99. The van der Waals surface area contributed by atoms with Crippen LogP contribution in [0.25, 0.3) is 21.9 Å². The van der Waals surface area contributed by atoms with E-state index in [1.165, 1.54) is 24.3 Å². The van der Waals surface area contributed by atoms with Gasteiger partial charge in [-0.25, -0.2) is 0 Å². The number of benzene rings is 6. The molecule has 287 valence electrons. The Bertz CT molecular complexity index is 2970. The van der Waals surface area contributed by atoms with Gasteiger partial charge in [0.15, 0.2) is 5.75 Å². The molecule has 19 nitrogen and oxygen atoms in total. The Morgan fingerprint density at radius 2 is 0.930 bits per heavy atom. The zero-order valence-corrected chi connectivity index (χ0v) is 33.5. The van der Waals surface area contributed by atoms with Crippen molar-refractivity contribution in [3.8, 4) is 22.6 Å². The molecule has 0 atom stereocenters. The van der Waals surface area contributed by atoms with Crippen LogP contribution in [0.2, 0.25) is 0 Å². The van der Waals surface area contributed by atoms with Gasteiger partial charge in [0.25, 0.3) is 30.4 Å². The molecule has 6 aromatic rings. The number of phenols is 2. The van der Waals surface area contributed by atoms with Crippen molar-refractivity contribution in [3.63, 3.8) is 0 Å². The maximum atomic E-state index is 12.5. The summed E-state index contributed by atoms with van der Waals surface area (Å²) in [4.78, 5) is -2.43. The number of nitrogen functional groups attached to an aromatic ring is 2. The summed E-state index contributed by atoms with van der Waals surface area (Å²) >= 11 is 0. The van der Waals surface area contributed by atoms with Gasteiger partial charge in [0.05, 0.1) is 33.0 Å². The number of anilines is 2.